The molecule has 0 aromatic rings. The number of carbonyl (C=O) groups is 2. The summed E-state index contributed by atoms with van der Waals surface area (Å²) >= 11 is 0. The summed E-state index contributed by atoms with van der Waals surface area (Å²) in [6.45, 7) is 7.04. The highest BCUT2D eigenvalue weighted by atomic mass is 16.5. The number of carboxylic acids is 1. The Hall–Kier alpha value is -1.38. The summed E-state index contributed by atoms with van der Waals surface area (Å²) in [7, 11) is 0. The van der Waals surface area contributed by atoms with Crippen LogP contribution in [0, 0.1) is 0 Å². The highest BCUT2D eigenvalue weighted by molar-refractivity contribution is 5.75. The van der Waals surface area contributed by atoms with Gasteiger partial charge in [0.25, 0.3) is 0 Å². The van der Waals surface area contributed by atoms with Crippen LogP contribution in [0.4, 0.5) is 4.79 Å². The quantitative estimate of drug-likeness (QED) is 0.668. The Labute approximate surface area is 124 Å². The average Bonchev–Trinajstić information content (AvgIpc) is 2.43. The summed E-state index contributed by atoms with van der Waals surface area (Å²) in [5, 5.41) is 11.4. The van der Waals surface area contributed by atoms with Gasteiger partial charge in [0.1, 0.15) is 12.2 Å². The third kappa shape index (κ3) is 4.83. The van der Waals surface area contributed by atoms with Crippen LogP contribution in [0.25, 0.3) is 0 Å². The molecular weight excluding hydrogens is 278 g/mol. The highest BCUT2D eigenvalue weighted by Crippen LogP contribution is 2.24. The number of ether oxygens (including phenoxy) is 2. The van der Waals surface area contributed by atoms with Gasteiger partial charge in [-0.2, -0.15) is 0 Å². The minimum Gasteiger partial charge on any atom is -0.480 e. The lowest BCUT2D eigenvalue weighted by Crippen LogP contribution is -2.65. The Balaban J connectivity index is 1.59. The third-order valence-corrected chi connectivity index (χ3v) is 3.69. The molecule has 2 aliphatic heterocycles. The zero-order chi connectivity index (χ0) is 15.3. The standard InChI is InChI=1S/C13H23N3O5/c1-13(21-8-11(17)18)9-16(10-13)12(19)14-2-3-15-4-6-20-7-5-15/h2-10H2,1H3,(H,14,19)(H,17,18). The zero-order valence-electron chi connectivity index (χ0n) is 12.3. The summed E-state index contributed by atoms with van der Waals surface area (Å²) in [5.41, 5.74) is -0.542. The van der Waals surface area contributed by atoms with Gasteiger partial charge >= 0.3 is 12.0 Å². The number of likely N-dealkylation sites (tertiary alicyclic amines) is 1. The number of carboxylic acid groups (broad SMARTS) is 1. The first-order valence-electron chi connectivity index (χ1n) is 7.17. The predicted octanol–water partition coefficient (Wildman–Crippen LogP) is -0.796. The lowest BCUT2D eigenvalue weighted by molar-refractivity contribution is -0.159. The monoisotopic (exact) mass is 301 g/mol. The van der Waals surface area contributed by atoms with Gasteiger partial charge in [0, 0.05) is 26.2 Å². The van der Waals surface area contributed by atoms with Crippen LogP contribution in [0.5, 0.6) is 0 Å². The number of nitrogens with zero attached hydrogens (tertiary/aromatic N) is 2. The van der Waals surface area contributed by atoms with E-state index in [0.29, 0.717) is 19.6 Å². The highest BCUT2D eigenvalue weighted by Gasteiger charge is 2.42. The predicted molar refractivity (Wildman–Crippen MR) is 74.2 cm³/mol. The van der Waals surface area contributed by atoms with Crippen molar-refractivity contribution < 1.29 is 24.2 Å². The molecule has 2 aliphatic rings. The molecule has 8 heteroatoms. The molecule has 0 radical (unpaired) electrons. The van der Waals surface area contributed by atoms with E-state index in [1.165, 1.54) is 0 Å². The van der Waals surface area contributed by atoms with Crippen molar-refractivity contribution in [2.24, 2.45) is 0 Å². The van der Waals surface area contributed by atoms with Crippen LogP contribution in [0.2, 0.25) is 0 Å². The molecule has 120 valence electrons. The van der Waals surface area contributed by atoms with Crippen LogP contribution in [0.1, 0.15) is 6.92 Å². The van der Waals surface area contributed by atoms with Crippen molar-refractivity contribution in [2.45, 2.75) is 12.5 Å². The van der Waals surface area contributed by atoms with E-state index in [2.05, 4.69) is 10.2 Å². The van der Waals surface area contributed by atoms with Crippen LogP contribution < -0.4 is 5.32 Å². The third-order valence-electron chi connectivity index (χ3n) is 3.69. The molecule has 0 aromatic heterocycles. The number of aliphatic carboxylic acids is 1. The average molecular weight is 301 g/mol. The first-order chi connectivity index (χ1) is 9.98. The largest absolute Gasteiger partial charge is 0.480 e. The van der Waals surface area contributed by atoms with Crippen molar-refractivity contribution >= 4 is 12.0 Å². The molecular formula is C13H23N3O5. The fraction of sp³-hybridized carbons (Fsp3) is 0.846. The molecule has 0 atom stereocenters. The van der Waals surface area contributed by atoms with Gasteiger partial charge in [0.15, 0.2) is 0 Å². The van der Waals surface area contributed by atoms with Gasteiger partial charge in [-0.05, 0) is 6.92 Å². The van der Waals surface area contributed by atoms with E-state index in [-0.39, 0.29) is 12.6 Å². The maximum absolute atomic E-state index is 11.9. The van der Waals surface area contributed by atoms with Crippen molar-refractivity contribution in [2.75, 3.05) is 59.1 Å². The number of amides is 2. The summed E-state index contributed by atoms with van der Waals surface area (Å²) in [6, 6.07) is -0.125. The number of urea groups is 1. The van der Waals surface area contributed by atoms with E-state index in [1.54, 1.807) is 4.90 Å². The molecule has 8 nitrogen and oxygen atoms in total. The van der Waals surface area contributed by atoms with Crippen molar-refractivity contribution in [3.63, 3.8) is 0 Å². The van der Waals surface area contributed by atoms with Crippen molar-refractivity contribution in [1.82, 2.24) is 15.1 Å². The second-order valence-electron chi connectivity index (χ2n) is 5.67. The first kappa shape index (κ1) is 16.0. The minimum atomic E-state index is -0.996. The lowest BCUT2D eigenvalue weighted by atomic mass is 9.97. The number of carbonyl (C=O) groups excluding carboxylic acids is 1. The van der Waals surface area contributed by atoms with Crippen LogP contribution in [0.15, 0.2) is 0 Å². The summed E-state index contributed by atoms with van der Waals surface area (Å²) in [6.07, 6.45) is 0. The molecule has 2 amide bonds. The van der Waals surface area contributed by atoms with Crippen molar-refractivity contribution in [3.05, 3.63) is 0 Å². The van der Waals surface area contributed by atoms with Crippen LogP contribution in [-0.2, 0) is 14.3 Å². The Kier molecular flexibility index (Phi) is 5.38. The summed E-state index contributed by atoms with van der Waals surface area (Å²) < 4.78 is 10.5. The van der Waals surface area contributed by atoms with Gasteiger partial charge in [-0.3, -0.25) is 4.90 Å². The number of hydrogen-bond acceptors (Lipinski definition) is 5. The molecule has 2 saturated heterocycles. The van der Waals surface area contributed by atoms with Gasteiger partial charge in [-0.15, -0.1) is 0 Å². The Morgan fingerprint density at radius 1 is 1.33 bits per heavy atom. The van der Waals surface area contributed by atoms with Crippen LogP contribution >= 0.6 is 0 Å². The Bertz CT molecular complexity index is 378. The second kappa shape index (κ2) is 7.06. The number of nitrogens with one attached hydrogen (secondary N) is 1. The summed E-state index contributed by atoms with van der Waals surface area (Å²) in [4.78, 5) is 26.2. The Morgan fingerprint density at radius 3 is 2.62 bits per heavy atom. The SMILES string of the molecule is CC1(OCC(=O)O)CN(C(=O)NCCN2CCOCC2)C1. The molecule has 21 heavy (non-hydrogen) atoms. The van der Waals surface area contributed by atoms with E-state index in [1.807, 2.05) is 6.92 Å². The molecule has 0 aromatic carbocycles. The molecule has 2 heterocycles. The second-order valence-corrected chi connectivity index (χ2v) is 5.67. The van der Waals surface area contributed by atoms with E-state index in [4.69, 9.17) is 14.6 Å². The molecule has 2 fully saturated rings. The van der Waals surface area contributed by atoms with Gasteiger partial charge in [0.2, 0.25) is 0 Å². The molecule has 0 aliphatic carbocycles. The number of rotatable bonds is 6. The molecule has 2 rings (SSSR count). The number of morpholine rings is 1. The summed E-state index contributed by atoms with van der Waals surface area (Å²) in [5.74, 6) is -0.996. The van der Waals surface area contributed by atoms with Crippen molar-refractivity contribution in [1.29, 1.82) is 0 Å². The molecule has 0 spiro atoms. The maximum Gasteiger partial charge on any atom is 0.329 e. The zero-order valence-corrected chi connectivity index (χ0v) is 12.3. The van der Waals surface area contributed by atoms with Gasteiger partial charge in [-0.25, -0.2) is 9.59 Å². The lowest BCUT2D eigenvalue weighted by Gasteiger charge is -2.47. The topological polar surface area (TPSA) is 91.3 Å². The van der Waals surface area contributed by atoms with E-state index in [0.717, 1.165) is 32.8 Å². The molecule has 0 bridgehead atoms. The molecule has 2 N–H and O–H groups in total. The fourth-order valence-corrected chi connectivity index (χ4v) is 2.49. The van der Waals surface area contributed by atoms with E-state index in [9.17, 15) is 9.59 Å². The Morgan fingerprint density at radius 2 is 2.00 bits per heavy atom. The molecule has 0 unspecified atom stereocenters. The first-order valence-corrected chi connectivity index (χ1v) is 7.17. The van der Waals surface area contributed by atoms with Gasteiger partial charge in [0.05, 0.1) is 26.3 Å². The smallest absolute Gasteiger partial charge is 0.329 e. The van der Waals surface area contributed by atoms with E-state index < -0.39 is 11.6 Å². The normalized spacial score (nSPS) is 21.7. The van der Waals surface area contributed by atoms with Crippen molar-refractivity contribution in [3.8, 4) is 0 Å². The van der Waals surface area contributed by atoms with E-state index >= 15 is 0 Å². The van der Waals surface area contributed by atoms with Crippen LogP contribution in [-0.4, -0.2) is 91.6 Å². The molecule has 0 saturated carbocycles. The maximum atomic E-state index is 11.9. The van der Waals surface area contributed by atoms with Crippen LogP contribution in [0.3, 0.4) is 0 Å². The van der Waals surface area contributed by atoms with Gasteiger partial charge < -0.3 is 24.8 Å². The minimum absolute atomic E-state index is 0.125. The number of hydrogen-bond donors (Lipinski definition) is 2. The fourth-order valence-electron chi connectivity index (χ4n) is 2.49. The van der Waals surface area contributed by atoms with Gasteiger partial charge in [-0.1, -0.05) is 0 Å².